The highest BCUT2D eigenvalue weighted by Gasteiger charge is 3.04. The summed E-state index contributed by atoms with van der Waals surface area (Å²) in [6.07, 6.45) is 8.43. The van der Waals surface area contributed by atoms with Crippen molar-refractivity contribution in [1.82, 2.24) is 5.32 Å². The summed E-state index contributed by atoms with van der Waals surface area (Å²) in [6.45, 7) is 15.1. The molecule has 5 aliphatic carbocycles. The maximum absolute atomic E-state index is 12.6. The Bertz CT molecular complexity index is 722. The molecule has 0 aromatic carbocycles. The number of aliphatic hydroxyl groups is 1. The number of fused-ring (bicyclic) bond motifs is 1. The third-order valence-corrected chi connectivity index (χ3v) is 10.4. The second kappa shape index (κ2) is 4.82. The average molecular weight is 372 g/mol. The monoisotopic (exact) mass is 371 g/mol. The lowest BCUT2D eigenvalue weighted by Crippen LogP contribution is -2.53. The highest BCUT2D eigenvalue weighted by atomic mass is 16.6. The third-order valence-electron chi connectivity index (χ3n) is 10.4. The van der Waals surface area contributed by atoms with E-state index in [4.69, 9.17) is 4.74 Å². The number of hydrogen-bond donors (Lipinski definition) is 2. The van der Waals surface area contributed by atoms with Gasteiger partial charge >= 0.3 is 6.09 Å². The Balaban J connectivity index is 1.24. The lowest BCUT2D eigenvalue weighted by atomic mass is 9.51. The van der Waals surface area contributed by atoms with Crippen LogP contribution >= 0.6 is 0 Å². The normalized spacial score (nSPS) is 59.0. The molecule has 5 fully saturated rings. The van der Waals surface area contributed by atoms with Crippen LogP contribution in [0.25, 0.3) is 0 Å². The number of amides is 1. The van der Waals surface area contributed by atoms with Crippen molar-refractivity contribution in [2.75, 3.05) is 6.54 Å². The van der Waals surface area contributed by atoms with Crippen LogP contribution < -0.4 is 5.32 Å². The summed E-state index contributed by atoms with van der Waals surface area (Å²) in [4.78, 5) is 12.6. The van der Waals surface area contributed by atoms with Gasteiger partial charge in [0.25, 0.3) is 0 Å². The predicted octanol–water partition coefficient (Wildman–Crippen LogP) is 4.06. The molecule has 0 radical (unpaired) electrons. The van der Waals surface area contributed by atoms with E-state index >= 15 is 0 Å². The summed E-state index contributed by atoms with van der Waals surface area (Å²) in [5.74, 6) is 0.663. The first-order valence-electron chi connectivity index (χ1n) is 10.6. The fourth-order valence-corrected chi connectivity index (χ4v) is 9.48. The van der Waals surface area contributed by atoms with Crippen molar-refractivity contribution in [2.45, 2.75) is 64.6 Å². The summed E-state index contributed by atoms with van der Waals surface area (Å²) in [5, 5.41) is 14.0. The third kappa shape index (κ3) is 1.55. The zero-order valence-corrected chi connectivity index (χ0v) is 16.9. The Labute approximate surface area is 162 Å². The zero-order valence-electron chi connectivity index (χ0n) is 16.9. The van der Waals surface area contributed by atoms with Crippen molar-refractivity contribution in [3.05, 3.63) is 25.3 Å². The van der Waals surface area contributed by atoms with Crippen molar-refractivity contribution in [1.29, 1.82) is 0 Å². The molecule has 148 valence electrons. The molecule has 0 saturated heterocycles. The van der Waals surface area contributed by atoms with E-state index in [2.05, 4.69) is 39.2 Å². The first-order valence-corrected chi connectivity index (χ1v) is 10.6. The van der Waals surface area contributed by atoms with Gasteiger partial charge in [-0.3, -0.25) is 0 Å². The standard InChI is InChI=1S/C23H33NO3/c1-6-14-8-9-15(7-2)22(14,26)13-24-18(25)27-17-10-16-11-20(4)21(5)12-19(17,3)23(16,20)21/h6-7,14-17,26H,1-2,8-13H2,3-5H3,(H,24,25). The van der Waals surface area contributed by atoms with Gasteiger partial charge in [-0.2, -0.15) is 0 Å². The Morgan fingerprint density at radius 3 is 2.30 bits per heavy atom. The Morgan fingerprint density at radius 1 is 1.19 bits per heavy atom. The van der Waals surface area contributed by atoms with E-state index < -0.39 is 5.60 Å². The van der Waals surface area contributed by atoms with Gasteiger partial charge in [0.2, 0.25) is 0 Å². The number of ether oxygens (including phenoxy) is 1. The molecule has 0 aliphatic heterocycles. The highest BCUT2D eigenvalue weighted by Crippen LogP contribution is 3.07. The molecule has 0 aromatic rings. The van der Waals surface area contributed by atoms with E-state index in [1.54, 1.807) is 12.2 Å². The minimum atomic E-state index is -1.01. The lowest BCUT2D eigenvalue weighted by molar-refractivity contribution is -0.0949. The van der Waals surface area contributed by atoms with Crippen molar-refractivity contribution in [3.63, 3.8) is 0 Å². The average Bonchev–Trinajstić information content (AvgIpc) is 2.85. The predicted molar refractivity (Wildman–Crippen MR) is 104 cm³/mol. The highest BCUT2D eigenvalue weighted by molar-refractivity contribution is 5.68. The summed E-state index contributed by atoms with van der Waals surface area (Å²) >= 11 is 0. The maximum Gasteiger partial charge on any atom is 0.407 e. The molecule has 4 heteroatoms. The summed E-state index contributed by atoms with van der Waals surface area (Å²) < 4.78 is 5.96. The van der Waals surface area contributed by atoms with Crippen molar-refractivity contribution in [2.24, 2.45) is 39.4 Å². The van der Waals surface area contributed by atoms with Crippen LogP contribution in [-0.2, 0) is 4.74 Å². The Hall–Kier alpha value is -1.29. The minimum absolute atomic E-state index is 0.00326. The van der Waals surface area contributed by atoms with E-state index in [-0.39, 0.29) is 36.0 Å². The van der Waals surface area contributed by atoms with Crippen molar-refractivity contribution < 1.29 is 14.6 Å². The smallest absolute Gasteiger partial charge is 0.407 e. The summed E-state index contributed by atoms with van der Waals surface area (Å²) in [5.41, 5.74) is 0.491. The van der Waals surface area contributed by atoms with Gasteiger partial charge < -0.3 is 15.2 Å². The second-order valence-corrected chi connectivity index (χ2v) is 10.7. The lowest BCUT2D eigenvalue weighted by Gasteiger charge is -2.53. The van der Waals surface area contributed by atoms with Crippen LogP contribution in [0.5, 0.6) is 0 Å². The van der Waals surface area contributed by atoms with Crippen LogP contribution in [-0.4, -0.2) is 29.4 Å². The molecular formula is C23H33NO3. The van der Waals surface area contributed by atoms with Gasteiger partial charge in [0.05, 0.1) is 12.1 Å². The quantitative estimate of drug-likeness (QED) is 0.717. The van der Waals surface area contributed by atoms with Gasteiger partial charge in [-0.15, -0.1) is 13.2 Å². The Morgan fingerprint density at radius 2 is 1.81 bits per heavy atom. The van der Waals surface area contributed by atoms with E-state index in [1.165, 1.54) is 12.8 Å². The molecule has 2 N–H and O–H groups in total. The molecule has 5 rings (SSSR count). The van der Waals surface area contributed by atoms with Crippen molar-refractivity contribution in [3.8, 4) is 0 Å². The zero-order chi connectivity index (χ0) is 19.5. The van der Waals surface area contributed by atoms with Crippen LogP contribution in [0.4, 0.5) is 4.79 Å². The first kappa shape index (κ1) is 17.8. The number of carbonyl (C=O) groups is 1. The summed E-state index contributed by atoms with van der Waals surface area (Å²) in [7, 11) is 0. The molecular weight excluding hydrogens is 338 g/mol. The molecule has 27 heavy (non-hydrogen) atoms. The molecule has 8 atom stereocenters. The molecule has 1 spiro atoms. The van der Waals surface area contributed by atoms with E-state index in [0.29, 0.717) is 16.2 Å². The van der Waals surface area contributed by atoms with Gasteiger partial charge in [0.15, 0.2) is 0 Å². The van der Waals surface area contributed by atoms with E-state index in [9.17, 15) is 9.90 Å². The first-order chi connectivity index (χ1) is 12.6. The molecule has 5 aliphatic rings. The second-order valence-electron chi connectivity index (χ2n) is 10.7. The van der Waals surface area contributed by atoms with Gasteiger partial charge in [-0.1, -0.05) is 32.9 Å². The molecule has 4 nitrogen and oxygen atoms in total. The molecule has 0 bridgehead atoms. The minimum Gasteiger partial charge on any atom is -0.446 e. The van der Waals surface area contributed by atoms with Crippen LogP contribution in [0.2, 0.25) is 0 Å². The van der Waals surface area contributed by atoms with Gasteiger partial charge in [0, 0.05) is 17.3 Å². The number of hydrogen-bond acceptors (Lipinski definition) is 3. The number of alkyl carbamates (subject to hydrolysis) is 1. The SMILES string of the molecule is C=CC1CCC(C=C)C1(O)CNC(=O)OC1CC2CC3(C)C4(C)CC1(C)C234. The fourth-order valence-electron chi connectivity index (χ4n) is 9.48. The number of rotatable bonds is 5. The van der Waals surface area contributed by atoms with Crippen LogP contribution in [0.15, 0.2) is 25.3 Å². The van der Waals surface area contributed by atoms with E-state index in [1.807, 2.05) is 0 Å². The topological polar surface area (TPSA) is 58.6 Å². The van der Waals surface area contributed by atoms with Gasteiger partial charge in [-0.25, -0.2) is 4.79 Å². The molecule has 0 aromatic heterocycles. The maximum atomic E-state index is 12.6. The van der Waals surface area contributed by atoms with E-state index in [0.717, 1.165) is 25.2 Å². The Kier molecular flexibility index (Phi) is 3.17. The van der Waals surface area contributed by atoms with Crippen LogP contribution in [0.1, 0.15) is 52.9 Å². The molecule has 0 heterocycles. The molecule has 8 unspecified atom stereocenters. The van der Waals surface area contributed by atoms with Crippen LogP contribution in [0.3, 0.4) is 0 Å². The fraction of sp³-hybridized carbons (Fsp3) is 0.783. The number of carbonyl (C=O) groups excluding carboxylic acids is 1. The summed E-state index contributed by atoms with van der Waals surface area (Å²) in [6, 6.07) is 0. The van der Waals surface area contributed by atoms with Gasteiger partial charge in [0.1, 0.15) is 6.10 Å². The van der Waals surface area contributed by atoms with Gasteiger partial charge in [-0.05, 0) is 54.3 Å². The van der Waals surface area contributed by atoms with Crippen LogP contribution in [0, 0.1) is 39.4 Å². The number of nitrogens with one attached hydrogen (secondary N) is 1. The molecule has 1 amide bonds. The van der Waals surface area contributed by atoms with Crippen molar-refractivity contribution >= 4 is 6.09 Å². The molecule has 5 saturated carbocycles. The largest absolute Gasteiger partial charge is 0.446 e.